The Kier molecular flexibility index (Phi) is 7.54. The Morgan fingerprint density at radius 2 is 1.61 bits per heavy atom. The van der Waals surface area contributed by atoms with Crippen molar-refractivity contribution in [2.45, 2.75) is 27.3 Å². The van der Waals surface area contributed by atoms with Crippen molar-refractivity contribution in [3.8, 4) is 11.3 Å². The summed E-state index contributed by atoms with van der Waals surface area (Å²) in [4.78, 5) is 21.7. The quantitative estimate of drug-likeness (QED) is 0.372. The fourth-order valence-corrected chi connectivity index (χ4v) is 4.33. The van der Waals surface area contributed by atoms with Crippen molar-refractivity contribution < 1.29 is 8.83 Å². The molecule has 1 saturated heterocycles. The van der Waals surface area contributed by atoms with E-state index < -0.39 is 0 Å². The number of benzene rings is 1. The third kappa shape index (κ3) is 4.80. The number of pyridine rings is 1. The van der Waals surface area contributed by atoms with Gasteiger partial charge < -0.3 is 13.7 Å². The largest absolute Gasteiger partial charge is 0.454 e. The van der Waals surface area contributed by atoms with Gasteiger partial charge in [0.1, 0.15) is 11.3 Å². The monoisotopic (exact) mass is 489 g/mol. The van der Waals surface area contributed by atoms with Crippen LogP contribution in [0.15, 0.2) is 44.1 Å². The van der Waals surface area contributed by atoms with Gasteiger partial charge >= 0.3 is 5.63 Å². The molecule has 0 atom stereocenters. The fourth-order valence-electron chi connectivity index (χ4n) is 4.33. The van der Waals surface area contributed by atoms with Crippen LogP contribution in [0.1, 0.15) is 22.4 Å². The lowest BCUT2D eigenvalue weighted by atomic mass is 10.0. The minimum Gasteiger partial charge on any atom is -0.454 e. The third-order valence-corrected chi connectivity index (χ3v) is 6.43. The minimum absolute atomic E-state index is 0. The van der Waals surface area contributed by atoms with Gasteiger partial charge in [0, 0.05) is 61.3 Å². The van der Waals surface area contributed by atoms with E-state index in [9.17, 15) is 4.79 Å². The molecule has 1 aromatic carbocycles. The average Bonchev–Trinajstić information content (AvgIpc) is 3.19. The molecule has 3 aromatic heterocycles. The van der Waals surface area contributed by atoms with Crippen LogP contribution in [0.4, 0.5) is 0 Å². The third-order valence-electron chi connectivity index (χ3n) is 6.43. The molecule has 4 heterocycles. The van der Waals surface area contributed by atoms with Crippen molar-refractivity contribution in [3.05, 3.63) is 63.3 Å². The fraction of sp³-hybridized carbons (Fsp3) is 0.360. The van der Waals surface area contributed by atoms with Crippen LogP contribution < -0.4 is 5.63 Å². The van der Waals surface area contributed by atoms with Gasteiger partial charge in [-0.15, -0.1) is 24.8 Å². The molecule has 0 N–H and O–H groups in total. The number of aryl methyl sites for hydroxylation is 3. The van der Waals surface area contributed by atoms with Gasteiger partial charge in [0.25, 0.3) is 0 Å². The molecule has 1 aliphatic heterocycles. The van der Waals surface area contributed by atoms with Gasteiger partial charge in [-0.3, -0.25) is 9.88 Å². The number of hydrogen-bond donors (Lipinski definition) is 0. The van der Waals surface area contributed by atoms with Crippen molar-refractivity contribution in [2.75, 3.05) is 33.2 Å². The highest BCUT2D eigenvalue weighted by molar-refractivity contribution is 5.96. The molecule has 1 aliphatic rings. The number of piperazine rings is 1. The van der Waals surface area contributed by atoms with Gasteiger partial charge in [-0.25, -0.2) is 4.79 Å². The van der Waals surface area contributed by atoms with Gasteiger partial charge in [-0.1, -0.05) is 0 Å². The van der Waals surface area contributed by atoms with Crippen LogP contribution in [-0.4, -0.2) is 48.0 Å². The molecule has 4 aromatic rings. The molecular formula is C25H29Cl2N3O3. The molecule has 6 nitrogen and oxygen atoms in total. The first kappa shape index (κ1) is 25.2. The lowest BCUT2D eigenvalue weighted by molar-refractivity contribution is 0.148. The summed E-state index contributed by atoms with van der Waals surface area (Å²) in [5, 5.41) is 1.94. The highest BCUT2D eigenvalue weighted by Gasteiger charge is 2.19. The van der Waals surface area contributed by atoms with Crippen LogP contribution in [0.3, 0.4) is 0 Å². The van der Waals surface area contributed by atoms with Crippen molar-refractivity contribution in [2.24, 2.45) is 0 Å². The summed E-state index contributed by atoms with van der Waals surface area (Å²) in [5.74, 6) is 0.673. The number of halogens is 2. The molecule has 33 heavy (non-hydrogen) atoms. The summed E-state index contributed by atoms with van der Waals surface area (Å²) in [5.41, 5.74) is 5.99. The van der Waals surface area contributed by atoms with E-state index in [4.69, 9.17) is 8.83 Å². The Morgan fingerprint density at radius 1 is 0.909 bits per heavy atom. The summed E-state index contributed by atoms with van der Waals surface area (Å²) in [7, 11) is 2.16. The zero-order chi connectivity index (χ0) is 21.7. The number of furan rings is 1. The topological polar surface area (TPSA) is 62.7 Å². The van der Waals surface area contributed by atoms with Gasteiger partial charge in [0.05, 0.1) is 5.69 Å². The number of nitrogens with zero attached hydrogens (tertiary/aromatic N) is 3. The lowest BCUT2D eigenvalue weighted by Gasteiger charge is -2.32. The second-order valence-electron chi connectivity index (χ2n) is 8.71. The molecule has 5 rings (SSSR count). The van der Waals surface area contributed by atoms with E-state index in [1.165, 1.54) is 6.07 Å². The maximum atomic E-state index is 12.3. The zero-order valence-corrected chi connectivity index (χ0v) is 20.9. The Balaban J connectivity index is 0.00000153. The van der Waals surface area contributed by atoms with Crippen LogP contribution >= 0.6 is 24.8 Å². The second kappa shape index (κ2) is 9.85. The molecule has 0 saturated carbocycles. The lowest BCUT2D eigenvalue weighted by Crippen LogP contribution is -2.43. The Hall–Kier alpha value is -2.38. The first-order valence-electron chi connectivity index (χ1n) is 10.7. The van der Waals surface area contributed by atoms with Crippen LogP contribution in [-0.2, 0) is 6.54 Å². The summed E-state index contributed by atoms with van der Waals surface area (Å²) >= 11 is 0. The summed E-state index contributed by atoms with van der Waals surface area (Å²) in [6.45, 7) is 11.1. The highest BCUT2D eigenvalue weighted by atomic mass is 35.5. The van der Waals surface area contributed by atoms with E-state index >= 15 is 0 Å². The standard InChI is InChI=1S/C25H27N3O3.2ClH/c1-15-9-20-21(12-24(29)30-22(20)10-16(15)2)23-11-19-18(13-26-17(3)25(19)31-23)14-28-7-5-27(4)6-8-28;;/h9-13H,5-8,14H2,1-4H3;2*1H. The molecular weight excluding hydrogens is 461 g/mol. The summed E-state index contributed by atoms with van der Waals surface area (Å²) < 4.78 is 11.8. The molecule has 0 unspecified atom stereocenters. The minimum atomic E-state index is -0.376. The predicted octanol–water partition coefficient (Wildman–Crippen LogP) is 5.12. The highest BCUT2D eigenvalue weighted by Crippen LogP contribution is 2.35. The summed E-state index contributed by atoms with van der Waals surface area (Å²) in [6.07, 6.45) is 1.96. The van der Waals surface area contributed by atoms with E-state index in [0.717, 1.165) is 77.0 Å². The molecule has 0 bridgehead atoms. The molecule has 0 radical (unpaired) electrons. The maximum absolute atomic E-state index is 12.3. The number of fused-ring (bicyclic) bond motifs is 2. The van der Waals surface area contributed by atoms with Gasteiger partial charge in [0.15, 0.2) is 5.58 Å². The molecule has 1 fully saturated rings. The number of aromatic nitrogens is 1. The summed E-state index contributed by atoms with van der Waals surface area (Å²) in [6, 6.07) is 7.56. The smallest absolute Gasteiger partial charge is 0.336 e. The number of likely N-dealkylation sites (N-methyl/N-ethyl adjacent to an activating group) is 1. The van der Waals surface area contributed by atoms with Crippen LogP contribution in [0.5, 0.6) is 0 Å². The van der Waals surface area contributed by atoms with Gasteiger partial charge in [-0.05, 0) is 62.7 Å². The van der Waals surface area contributed by atoms with E-state index in [-0.39, 0.29) is 30.4 Å². The Bertz CT molecular complexity index is 1350. The molecule has 0 spiro atoms. The zero-order valence-electron chi connectivity index (χ0n) is 19.3. The Labute approximate surface area is 205 Å². The second-order valence-corrected chi connectivity index (χ2v) is 8.71. The maximum Gasteiger partial charge on any atom is 0.336 e. The molecule has 0 aliphatic carbocycles. The van der Waals surface area contributed by atoms with E-state index in [2.05, 4.69) is 40.9 Å². The van der Waals surface area contributed by atoms with E-state index in [1.807, 2.05) is 26.1 Å². The molecule has 0 amide bonds. The van der Waals surface area contributed by atoms with Gasteiger partial charge in [0.2, 0.25) is 0 Å². The van der Waals surface area contributed by atoms with Gasteiger partial charge in [-0.2, -0.15) is 0 Å². The van der Waals surface area contributed by atoms with Crippen molar-refractivity contribution in [1.82, 2.24) is 14.8 Å². The van der Waals surface area contributed by atoms with Crippen LogP contribution in [0.25, 0.3) is 33.3 Å². The first-order chi connectivity index (χ1) is 14.9. The van der Waals surface area contributed by atoms with Crippen LogP contribution in [0, 0.1) is 20.8 Å². The van der Waals surface area contributed by atoms with Crippen molar-refractivity contribution >= 4 is 46.8 Å². The molecule has 8 heteroatoms. The Morgan fingerprint density at radius 3 is 2.33 bits per heavy atom. The van der Waals surface area contributed by atoms with E-state index in [1.54, 1.807) is 0 Å². The SMILES string of the molecule is Cc1cc2oc(=O)cc(-c3cc4c(CN5CCN(C)CC5)cnc(C)c4o3)c2cc1C.Cl.Cl. The number of rotatable bonds is 3. The average molecular weight is 490 g/mol. The number of hydrogen-bond acceptors (Lipinski definition) is 6. The molecule has 176 valence electrons. The first-order valence-corrected chi connectivity index (χ1v) is 10.7. The van der Waals surface area contributed by atoms with Crippen molar-refractivity contribution in [3.63, 3.8) is 0 Å². The van der Waals surface area contributed by atoms with E-state index in [0.29, 0.717) is 11.3 Å². The normalized spacial score (nSPS) is 14.9. The predicted molar refractivity (Wildman–Crippen MR) is 137 cm³/mol. The van der Waals surface area contributed by atoms with Crippen molar-refractivity contribution in [1.29, 1.82) is 0 Å². The van der Waals surface area contributed by atoms with Crippen LogP contribution in [0.2, 0.25) is 0 Å².